The largest absolute Gasteiger partial charge is 0.462 e. The van der Waals surface area contributed by atoms with Gasteiger partial charge in [0.2, 0.25) is 0 Å². The third-order valence-corrected chi connectivity index (χ3v) is 15.4. The van der Waals surface area contributed by atoms with Crippen molar-refractivity contribution in [1.29, 1.82) is 0 Å². The van der Waals surface area contributed by atoms with Crippen LogP contribution in [-0.2, 0) is 28.6 Å². The summed E-state index contributed by atoms with van der Waals surface area (Å²) >= 11 is 0. The zero-order valence-corrected chi connectivity index (χ0v) is 50.8. The Morgan fingerprint density at radius 1 is 0.267 bits per heavy atom. The number of hydrogen-bond donors (Lipinski definition) is 0. The molecule has 6 heteroatoms. The van der Waals surface area contributed by atoms with Gasteiger partial charge < -0.3 is 14.2 Å². The van der Waals surface area contributed by atoms with Crippen molar-refractivity contribution in [2.45, 2.75) is 386 Å². The lowest BCUT2D eigenvalue weighted by atomic mass is 10.0. The Labute approximate surface area is 468 Å². The van der Waals surface area contributed by atoms with Crippen molar-refractivity contribution in [2.75, 3.05) is 13.2 Å². The predicted octanol–water partition coefficient (Wildman–Crippen LogP) is 23.0. The molecule has 0 aliphatic carbocycles. The lowest BCUT2D eigenvalue weighted by Crippen LogP contribution is -2.30. The van der Waals surface area contributed by atoms with Gasteiger partial charge in [0.25, 0.3) is 0 Å². The van der Waals surface area contributed by atoms with Crippen molar-refractivity contribution in [3.63, 3.8) is 0 Å². The van der Waals surface area contributed by atoms with Crippen molar-refractivity contribution < 1.29 is 28.6 Å². The predicted molar refractivity (Wildman–Crippen MR) is 326 cm³/mol. The number of carbonyl (C=O) groups is 3. The molecule has 0 N–H and O–H groups in total. The summed E-state index contributed by atoms with van der Waals surface area (Å²) in [6.45, 7) is 6.62. The Balaban J connectivity index is 3.99. The summed E-state index contributed by atoms with van der Waals surface area (Å²) in [7, 11) is 0. The standard InChI is InChI=1S/C69H130O6/c1-4-7-10-13-16-19-22-24-25-26-27-28-29-30-31-32-33-34-35-36-37-38-39-40-41-42-43-45-47-50-53-56-59-62-68(71)74-65-66(64-73-67(70)61-58-55-52-49-46-21-18-15-12-9-6-3)75-69(72)63-60-57-54-51-48-44-23-20-17-14-11-8-5-2/h11,14,20,23,66H,4-10,12-13,15-19,21-22,24-65H2,1-3H3/b14-11-,23-20-. The molecule has 0 saturated carbocycles. The Bertz CT molecular complexity index is 1210. The fourth-order valence-electron chi connectivity index (χ4n) is 10.4. The van der Waals surface area contributed by atoms with Crippen molar-refractivity contribution in [2.24, 2.45) is 0 Å². The second-order valence-electron chi connectivity index (χ2n) is 23.1. The minimum absolute atomic E-state index is 0.0716. The second-order valence-corrected chi connectivity index (χ2v) is 23.1. The van der Waals surface area contributed by atoms with Crippen LogP contribution in [0.5, 0.6) is 0 Å². The summed E-state index contributed by atoms with van der Waals surface area (Å²) in [6, 6.07) is 0. The van der Waals surface area contributed by atoms with E-state index in [1.807, 2.05) is 0 Å². The fraction of sp³-hybridized carbons (Fsp3) is 0.899. The molecule has 75 heavy (non-hydrogen) atoms. The number of rotatable bonds is 63. The van der Waals surface area contributed by atoms with Crippen molar-refractivity contribution in [3.8, 4) is 0 Å². The van der Waals surface area contributed by atoms with Crippen LogP contribution in [0, 0.1) is 0 Å². The normalized spacial score (nSPS) is 12.1. The molecular formula is C69H130O6. The van der Waals surface area contributed by atoms with Gasteiger partial charge >= 0.3 is 17.9 Å². The Kier molecular flexibility index (Phi) is 62.6. The first-order valence-electron chi connectivity index (χ1n) is 33.8. The van der Waals surface area contributed by atoms with E-state index in [1.165, 1.54) is 250 Å². The summed E-state index contributed by atoms with van der Waals surface area (Å²) in [5.74, 6) is -0.863. The highest BCUT2D eigenvalue weighted by Crippen LogP contribution is 2.19. The molecule has 0 bridgehead atoms. The highest BCUT2D eigenvalue weighted by atomic mass is 16.6. The van der Waals surface area contributed by atoms with Gasteiger partial charge in [-0.05, 0) is 44.9 Å². The van der Waals surface area contributed by atoms with Gasteiger partial charge in [-0.3, -0.25) is 14.4 Å². The summed E-state index contributed by atoms with van der Waals surface area (Å²) in [5, 5.41) is 0. The smallest absolute Gasteiger partial charge is 0.306 e. The number of ether oxygens (including phenoxy) is 3. The summed E-state index contributed by atoms with van der Waals surface area (Å²) in [6.07, 6.45) is 78.0. The molecule has 0 saturated heterocycles. The van der Waals surface area contributed by atoms with Gasteiger partial charge in [0.1, 0.15) is 13.2 Å². The molecule has 442 valence electrons. The highest BCUT2D eigenvalue weighted by Gasteiger charge is 2.19. The van der Waals surface area contributed by atoms with Gasteiger partial charge in [0.15, 0.2) is 6.10 Å². The zero-order chi connectivity index (χ0) is 54.3. The van der Waals surface area contributed by atoms with E-state index < -0.39 is 6.10 Å². The van der Waals surface area contributed by atoms with Gasteiger partial charge in [0, 0.05) is 19.3 Å². The topological polar surface area (TPSA) is 78.9 Å². The monoisotopic (exact) mass is 1050 g/mol. The maximum absolute atomic E-state index is 12.8. The molecule has 0 amide bonds. The average molecular weight is 1060 g/mol. The third-order valence-electron chi connectivity index (χ3n) is 15.4. The molecule has 1 unspecified atom stereocenters. The number of esters is 3. The van der Waals surface area contributed by atoms with Crippen molar-refractivity contribution in [3.05, 3.63) is 24.3 Å². The van der Waals surface area contributed by atoms with Crippen LogP contribution in [0.2, 0.25) is 0 Å². The first-order chi connectivity index (χ1) is 37.0. The molecule has 0 rings (SSSR count). The van der Waals surface area contributed by atoms with Gasteiger partial charge in [-0.15, -0.1) is 0 Å². The average Bonchev–Trinajstić information content (AvgIpc) is 3.41. The molecule has 0 aromatic rings. The quantitative estimate of drug-likeness (QED) is 0.0261. The van der Waals surface area contributed by atoms with E-state index in [9.17, 15) is 14.4 Å². The number of hydrogen-bond acceptors (Lipinski definition) is 6. The molecule has 0 aliphatic heterocycles. The molecule has 6 nitrogen and oxygen atoms in total. The van der Waals surface area contributed by atoms with Crippen LogP contribution in [-0.4, -0.2) is 37.2 Å². The summed E-state index contributed by atoms with van der Waals surface area (Å²) in [4.78, 5) is 38.2. The first-order valence-corrected chi connectivity index (χ1v) is 33.8. The number of unbranched alkanes of at least 4 members (excludes halogenated alkanes) is 48. The minimum Gasteiger partial charge on any atom is -0.462 e. The van der Waals surface area contributed by atoms with Crippen molar-refractivity contribution >= 4 is 17.9 Å². The van der Waals surface area contributed by atoms with Crippen LogP contribution in [0.3, 0.4) is 0 Å². The van der Waals surface area contributed by atoms with Gasteiger partial charge in [-0.25, -0.2) is 0 Å². The van der Waals surface area contributed by atoms with Crippen LogP contribution in [0.25, 0.3) is 0 Å². The molecule has 0 spiro atoms. The number of allylic oxidation sites excluding steroid dienone is 4. The molecule has 1 atom stereocenters. The van der Waals surface area contributed by atoms with E-state index in [2.05, 4.69) is 45.1 Å². The van der Waals surface area contributed by atoms with Crippen molar-refractivity contribution in [1.82, 2.24) is 0 Å². The highest BCUT2D eigenvalue weighted by molar-refractivity contribution is 5.71. The summed E-state index contributed by atoms with van der Waals surface area (Å²) < 4.78 is 16.9. The van der Waals surface area contributed by atoms with Crippen LogP contribution < -0.4 is 0 Å². The molecule has 0 aliphatic rings. The van der Waals surface area contributed by atoms with E-state index in [-0.39, 0.29) is 31.1 Å². The molecule has 0 heterocycles. The Morgan fingerprint density at radius 3 is 0.787 bits per heavy atom. The minimum atomic E-state index is -0.774. The third kappa shape index (κ3) is 62.6. The van der Waals surface area contributed by atoms with E-state index in [0.29, 0.717) is 19.3 Å². The SMILES string of the molecule is CCC/C=C\C/C=C\CCCCCCCC(=O)OC(COC(=O)CCCCCCCCCCCCC)COC(=O)CCCCCCCCCCCCCCCCCCCCCCCCCCCCCCCCCCC. The number of carbonyl (C=O) groups excluding carboxylic acids is 3. The molecular weight excluding hydrogens is 925 g/mol. The van der Waals surface area contributed by atoms with Crippen LogP contribution in [0.15, 0.2) is 24.3 Å². The Hall–Kier alpha value is -2.11. The second kappa shape index (κ2) is 64.4. The van der Waals surface area contributed by atoms with Gasteiger partial charge in [-0.2, -0.15) is 0 Å². The molecule has 0 aromatic heterocycles. The maximum atomic E-state index is 12.8. The van der Waals surface area contributed by atoms with Crippen LogP contribution in [0.1, 0.15) is 380 Å². The van der Waals surface area contributed by atoms with E-state index in [0.717, 1.165) is 89.9 Å². The fourth-order valence-corrected chi connectivity index (χ4v) is 10.4. The van der Waals surface area contributed by atoms with E-state index in [1.54, 1.807) is 0 Å². The lowest BCUT2D eigenvalue weighted by Gasteiger charge is -2.18. The molecule has 0 radical (unpaired) electrons. The Morgan fingerprint density at radius 2 is 0.507 bits per heavy atom. The lowest BCUT2D eigenvalue weighted by molar-refractivity contribution is -0.167. The summed E-state index contributed by atoms with van der Waals surface area (Å²) in [5.41, 5.74) is 0. The van der Waals surface area contributed by atoms with Gasteiger partial charge in [-0.1, -0.05) is 340 Å². The zero-order valence-electron chi connectivity index (χ0n) is 50.8. The van der Waals surface area contributed by atoms with Gasteiger partial charge in [0.05, 0.1) is 0 Å². The van der Waals surface area contributed by atoms with E-state index in [4.69, 9.17) is 14.2 Å². The van der Waals surface area contributed by atoms with Crippen LogP contribution >= 0.6 is 0 Å². The maximum Gasteiger partial charge on any atom is 0.306 e. The van der Waals surface area contributed by atoms with Crippen LogP contribution in [0.4, 0.5) is 0 Å². The molecule has 0 aromatic carbocycles. The van der Waals surface area contributed by atoms with E-state index >= 15 is 0 Å². The molecule has 0 fully saturated rings. The first kappa shape index (κ1) is 72.9.